The van der Waals surface area contributed by atoms with Crippen molar-refractivity contribution in [2.24, 2.45) is 20.5 Å². The maximum atomic E-state index is 12.9. The van der Waals surface area contributed by atoms with Crippen molar-refractivity contribution in [2.75, 3.05) is 46.9 Å². The quantitative estimate of drug-likeness (QED) is 0.0583. The van der Waals surface area contributed by atoms with Crippen LogP contribution in [-0.4, -0.2) is 95.3 Å². The molecule has 21 nitrogen and oxygen atoms in total. The van der Waals surface area contributed by atoms with Crippen LogP contribution in [-0.2, 0) is 70.0 Å². The standard InChI is InChI=1S/C45H44N8O13S4/c1-27-19-29(13-15-37(27)52-50-31-23-35-33(41(25-31)69(59,60)65-5)9-7-11-39(35)67(55,56)63-3)21-43-47-44(49-45(48-43)46-17-18-54)22-30-14-16-38(28(2)20-30)53-51-32-24-36-34(42(26-32)70(61,62)66-6)10-8-12-40(36)68(57,58)64-4/h7-16,19-20,23-26,54H,17-18,21-22H2,1-6H3,(H,46,47,48,49). The number of nitrogens with one attached hydrogen (secondary N) is 1. The van der Waals surface area contributed by atoms with Crippen molar-refractivity contribution < 1.29 is 55.5 Å². The lowest BCUT2D eigenvalue weighted by Crippen LogP contribution is -2.13. The second-order valence-electron chi connectivity index (χ2n) is 15.2. The van der Waals surface area contributed by atoms with E-state index in [2.05, 4.69) is 35.7 Å². The van der Waals surface area contributed by atoms with Gasteiger partial charge in [-0.05, 0) is 84.6 Å². The molecule has 0 atom stereocenters. The predicted octanol–water partition coefficient (Wildman–Crippen LogP) is 7.55. The summed E-state index contributed by atoms with van der Waals surface area (Å²) in [5, 5.41) is 30.0. The lowest BCUT2D eigenvalue weighted by atomic mass is 10.1. The molecule has 0 aliphatic rings. The molecule has 0 bridgehead atoms. The average molecular weight is 1030 g/mol. The summed E-state index contributed by atoms with van der Waals surface area (Å²) in [6, 6.07) is 24.2. The first-order chi connectivity index (χ1) is 33.2. The number of fused-ring (bicyclic) bond motifs is 2. The van der Waals surface area contributed by atoms with Crippen molar-refractivity contribution in [2.45, 2.75) is 46.3 Å². The summed E-state index contributed by atoms with van der Waals surface area (Å²) in [6.45, 7) is 3.61. The molecular weight excluding hydrogens is 989 g/mol. The van der Waals surface area contributed by atoms with E-state index >= 15 is 0 Å². The van der Waals surface area contributed by atoms with Gasteiger partial charge >= 0.3 is 0 Å². The minimum absolute atomic E-state index is 0.0378. The van der Waals surface area contributed by atoms with E-state index in [0.717, 1.165) is 39.6 Å². The van der Waals surface area contributed by atoms with Crippen LogP contribution in [0.25, 0.3) is 21.5 Å². The Hall–Kier alpha value is -6.55. The van der Waals surface area contributed by atoms with Crippen molar-refractivity contribution in [3.05, 3.63) is 131 Å². The van der Waals surface area contributed by atoms with Crippen LogP contribution < -0.4 is 5.32 Å². The molecule has 1 aromatic heterocycles. The van der Waals surface area contributed by atoms with E-state index in [9.17, 15) is 38.8 Å². The summed E-state index contributed by atoms with van der Waals surface area (Å²) >= 11 is 0. The number of aliphatic hydroxyl groups excluding tert-OH is 1. The van der Waals surface area contributed by atoms with Crippen LogP contribution in [0.5, 0.6) is 0 Å². The zero-order chi connectivity index (χ0) is 50.6. The lowest BCUT2D eigenvalue weighted by Gasteiger charge is -2.11. The van der Waals surface area contributed by atoms with Gasteiger partial charge in [-0.3, -0.25) is 16.7 Å². The summed E-state index contributed by atoms with van der Waals surface area (Å²) in [5.41, 5.74) is 3.94. The van der Waals surface area contributed by atoms with Crippen LogP contribution >= 0.6 is 0 Å². The van der Waals surface area contributed by atoms with Gasteiger partial charge in [0, 0.05) is 40.9 Å². The van der Waals surface area contributed by atoms with Crippen molar-refractivity contribution in [3.8, 4) is 0 Å². The third kappa shape index (κ3) is 11.2. The number of hydrogen-bond donors (Lipinski definition) is 2. The van der Waals surface area contributed by atoms with Crippen LogP contribution in [0.4, 0.5) is 28.7 Å². The summed E-state index contributed by atoms with van der Waals surface area (Å²) in [7, 11) is -13.1. The molecule has 0 fully saturated rings. The van der Waals surface area contributed by atoms with E-state index in [4.69, 9.17) is 21.7 Å². The Balaban J connectivity index is 1.14. The van der Waals surface area contributed by atoms with Crippen LogP contribution in [0.3, 0.4) is 0 Å². The number of rotatable bonds is 19. The van der Waals surface area contributed by atoms with Crippen LogP contribution in [0.15, 0.2) is 137 Å². The molecule has 6 aromatic carbocycles. The molecule has 0 aliphatic heterocycles. The molecule has 25 heteroatoms. The van der Waals surface area contributed by atoms with E-state index in [1.165, 1.54) is 60.7 Å². The monoisotopic (exact) mass is 1030 g/mol. The fourth-order valence-corrected chi connectivity index (χ4v) is 10.8. The normalized spacial score (nSPS) is 12.7. The topological polar surface area (TPSA) is 294 Å². The van der Waals surface area contributed by atoms with E-state index < -0.39 is 40.5 Å². The molecule has 1 heterocycles. The third-order valence-electron chi connectivity index (χ3n) is 10.7. The van der Waals surface area contributed by atoms with Gasteiger partial charge in [-0.2, -0.15) is 64.1 Å². The molecule has 2 N–H and O–H groups in total. The van der Waals surface area contributed by atoms with Gasteiger partial charge in [0.15, 0.2) is 0 Å². The van der Waals surface area contributed by atoms with Gasteiger partial charge < -0.3 is 10.4 Å². The van der Waals surface area contributed by atoms with Crippen molar-refractivity contribution in [1.29, 1.82) is 0 Å². The molecule has 7 rings (SSSR count). The van der Waals surface area contributed by atoms with Gasteiger partial charge in [-0.1, -0.05) is 48.5 Å². The number of aromatic nitrogens is 3. The Morgan fingerprint density at radius 3 is 1.26 bits per heavy atom. The highest BCUT2D eigenvalue weighted by Gasteiger charge is 2.26. The first-order valence-electron chi connectivity index (χ1n) is 20.7. The van der Waals surface area contributed by atoms with Gasteiger partial charge in [-0.25, -0.2) is 4.98 Å². The molecule has 7 aromatic rings. The zero-order valence-corrected chi connectivity index (χ0v) is 41.4. The summed E-state index contributed by atoms with van der Waals surface area (Å²) in [4.78, 5) is 12.7. The molecule has 0 saturated carbocycles. The Kier molecular flexibility index (Phi) is 15.3. The molecule has 0 aliphatic carbocycles. The maximum absolute atomic E-state index is 12.9. The highest BCUT2D eigenvalue weighted by molar-refractivity contribution is 7.88. The van der Waals surface area contributed by atoms with Crippen molar-refractivity contribution in [3.63, 3.8) is 0 Å². The Bertz CT molecular complexity index is 3470. The number of hydrogen-bond acceptors (Lipinski definition) is 21. The number of anilines is 1. The van der Waals surface area contributed by atoms with Gasteiger partial charge in [0.25, 0.3) is 40.5 Å². The smallest absolute Gasteiger partial charge is 0.297 e. The zero-order valence-electron chi connectivity index (χ0n) is 38.2. The number of aliphatic hydroxyl groups is 1. The summed E-state index contributed by atoms with van der Waals surface area (Å²) in [5.74, 6) is 1.08. The number of nitrogens with zero attached hydrogens (tertiary/aromatic N) is 7. The van der Waals surface area contributed by atoms with Crippen LogP contribution in [0, 0.1) is 13.8 Å². The molecular formula is C45H44N8O13S4. The summed E-state index contributed by atoms with van der Waals surface area (Å²) < 4.78 is 122. The second-order valence-corrected chi connectivity index (χ2v) is 21.9. The Labute approximate surface area is 403 Å². The molecule has 70 heavy (non-hydrogen) atoms. The van der Waals surface area contributed by atoms with Crippen molar-refractivity contribution in [1.82, 2.24) is 15.0 Å². The first kappa shape index (κ1) is 51.3. The first-order valence-corrected chi connectivity index (χ1v) is 26.3. The third-order valence-corrected chi connectivity index (χ3v) is 16.0. The van der Waals surface area contributed by atoms with E-state index in [-0.39, 0.29) is 84.4 Å². The summed E-state index contributed by atoms with van der Waals surface area (Å²) in [6.07, 6.45) is 0.529. The number of azo groups is 2. The van der Waals surface area contributed by atoms with Crippen molar-refractivity contribution >= 4 is 90.7 Å². The van der Waals surface area contributed by atoms with E-state index in [1.807, 2.05) is 12.1 Å². The second kappa shape index (κ2) is 20.8. The lowest BCUT2D eigenvalue weighted by molar-refractivity contribution is 0.310. The largest absolute Gasteiger partial charge is 0.395 e. The highest BCUT2D eigenvalue weighted by atomic mass is 32.2. The Morgan fingerprint density at radius 1 is 0.486 bits per heavy atom. The Morgan fingerprint density at radius 2 is 0.886 bits per heavy atom. The SMILES string of the molecule is COS(=O)(=O)c1cc(N=Nc2ccc(Cc3nc(Cc4ccc(N=Nc5cc(S(=O)(=O)OC)c6cccc(S(=O)(=O)OC)c6c5)c(C)c4)nc(NCCO)n3)cc2C)cc2c(S(=O)(=O)OC)cccc12. The van der Waals surface area contributed by atoms with Gasteiger partial charge in [-0.15, -0.1) is 0 Å². The fourth-order valence-electron chi connectivity index (χ4n) is 7.28. The van der Waals surface area contributed by atoms with E-state index in [0.29, 0.717) is 34.2 Å². The molecule has 0 radical (unpaired) electrons. The fraction of sp³-hybridized carbons (Fsp3) is 0.222. The molecule has 0 saturated heterocycles. The average Bonchev–Trinajstić information content (AvgIpc) is 3.34. The predicted molar refractivity (Wildman–Crippen MR) is 256 cm³/mol. The van der Waals surface area contributed by atoms with Crippen LogP contribution in [0.2, 0.25) is 0 Å². The van der Waals surface area contributed by atoms with Gasteiger partial charge in [0.05, 0.1) is 57.8 Å². The minimum atomic E-state index is -4.31. The highest BCUT2D eigenvalue weighted by Crippen LogP contribution is 2.37. The maximum Gasteiger partial charge on any atom is 0.297 e. The van der Waals surface area contributed by atoms with Gasteiger partial charge in [0.1, 0.15) is 31.2 Å². The van der Waals surface area contributed by atoms with Gasteiger partial charge in [0.2, 0.25) is 5.95 Å². The van der Waals surface area contributed by atoms with E-state index in [1.54, 1.807) is 38.1 Å². The number of benzene rings is 6. The molecule has 0 spiro atoms. The molecule has 0 amide bonds. The number of aryl methyl sites for hydroxylation is 2. The minimum Gasteiger partial charge on any atom is -0.395 e. The van der Waals surface area contributed by atoms with Crippen LogP contribution in [0.1, 0.15) is 33.9 Å². The molecule has 0 unspecified atom stereocenters. The molecule has 366 valence electrons.